The van der Waals surface area contributed by atoms with Crippen molar-refractivity contribution >= 4 is 11.6 Å². The molecule has 1 aromatic rings. The Labute approximate surface area is 89.8 Å². The Bertz CT molecular complexity index is 354. The first kappa shape index (κ1) is 12.1. The maximum atomic E-state index is 12.2. The van der Waals surface area contributed by atoms with Crippen LogP contribution in [0.2, 0.25) is 5.02 Å². The van der Waals surface area contributed by atoms with Crippen molar-refractivity contribution in [2.75, 3.05) is 7.11 Å². The quantitative estimate of drug-likeness (QED) is 0.861. The summed E-state index contributed by atoms with van der Waals surface area (Å²) in [5, 5.41) is 0.106. The maximum Gasteiger partial charge on any atom is 0.407 e. The Morgan fingerprint density at radius 1 is 1.40 bits per heavy atom. The molecule has 0 aromatic heterocycles. The number of nitrogens with two attached hydrogens (primary N) is 1. The molecular weight excluding hydrogens is 231 g/mol. The van der Waals surface area contributed by atoms with Gasteiger partial charge in [0.1, 0.15) is 11.8 Å². The van der Waals surface area contributed by atoms with E-state index in [1.54, 1.807) is 0 Å². The number of rotatable bonds is 2. The Morgan fingerprint density at radius 3 is 2.40 bits per heavy atom. The van der Waals surface area contributed by atoms with Crippen LogP contribution in [0.4, 0.5) is 13.2 Å². The molecule has 0 aliphatic rings. The lowest BCUT2D eigenvalue weighted by Gasteiger charge is -2.16. The van der Waals surface area contributed by atoms with E-state index in [1.807, 2.05) is 0 Å². The molecule has 1 rings (SSSR count). The molecule has 84 valence electrons. The van der Waals surface area contributed by atoms with Crippen LogP contribution in [0.15, 0.2) is 18.2 Å². The lowest BCUT2D eigenvalue weighted by Crippen LogP contribution is -2.28. The third-order valence-corrected chi connectivity index (χ3v) is 2.18. The first-order valence-electron chi connectivity index (χ1n) is 4.02. The second-order valence-electron chi connectivity index (χ2n) is 2.91. The Hall–Kier alpha value is -0.940. The Morgan fingerprint density at radius 2 is 2.00 bits per heavy atom. The van der Waals surface area contributed by atoms with E-state index in [9.17, 15) is 13.2 Å². The lowest BCUT2D eigenvalue weighted by atomic mass is 10.1. The molecular formula is C9H9ClF3NO. The highest BCUT2D eigenvalue weighted by molar-refractivity contribution is 6.32. The molecule has 2 nitrogen and oxygen atoms in total. The van der Waals surface area contributed by atoms with Crippen molar-refractivity contribution in [3.05, 3.63) is 28.8 Å². The highest BCUT2D eigenvalue weighted by Crippen LogP contribution is 2.34. The summed E-state index contributed by atoms with van der Waals surface area (Å²) in [6, 6.07) is 1.71. The van der Waals surface area contributed by atoms with Gasteiger partial charge < -0.3 is 10.5 Å². The van der Waals surface area contributed by atoms with Crippen molar-refractivity contribution in [1.29, 1.82) is 0 Å². The van der Waals surface area contributed by atoms with Crippen LogP contribution >= 0.6 is 11.6 Å². The van der Waals surface area contributed by atoms with E-state index >= 15 is 0 Å². The molecule has 0 fully saturated rings. The van der Waals surface area contributed by atoms with Gasteiger partial charge in [-0.2, -0.15) is 13.2 Å². The number of methoxy groups -OCH3 is 1. The van der Waals surface area contributed by atoms with Gasteiger partial charge in [-0.25, -0.2) is 0 Å². The molecule has 0 spiro atoms. The standard InChI is InChI=1S/C9H9ClF3NO/c1-15-7-3-2-5(4-6(7)10)8(14)9(11,12)13/h2-4,8H,14H2,1H3. The van der Waals surface area contributed by atoms with Crippen LogP contribution < -0.4 is 10.5 Å². The van der Waals surface area contributed by atoms with E-state index in [1.165, 1.54) is 19.2 Å². The predicted octanol–water partition coefficient (Wildman–Crippen LogP) is 2.91. The maximum absolute atomic E-state index is 12.2. The predicted molar refractivity (Wildman–Crippen MR) is 51.0 cm³/mol. The molecule has 6 heteroatoms. The summed E-state index contributed by atoms with van der Waals surface area (Å²) in [5.41, 5.74) is 4.92. The SMILES string of the molecule is COc1ccc(C(N)C(F)(F)F)cc1Cl. The smallest absolute Gasteiger partial charge is 0.407 e. The van der Waals surface area contributed by atoms with Crippen LogP contribution in [0.3, 0.4) is 0 Å². The Balaban J connectivity index is 3.02. The van der Waals surface area contributed by atoms with Crippen molar-refractivity contribution in [3.8, 4) is 5.75 Å². The van der Waals surface area contributed by atoms with Gasteiger partial charge in [-0.1, -0.05) is 17.7 Å². The van der Waals surface area contributed by atoms with Crippen molar-refractivity contribution in [1.82, 2.24) is 0 Å². The van der Waals surface area contributed by atoms with Crippen molar-refractivity contribution in [2.45, 2.75) is 12.2 Å². The van der Waals surface area contributed by atoms with Crippen LogP contribution in [-0.4, -0.2) is 13.3 Å². The average molecular weight is 240 g/mol. The van der Waals surface area contributed by atoms with Gasteiger partial charge in [-0.05, 0) is 17.7 Å². The fourth-order valence-electron chi connectivity index (χ4n) is 1.07. The molecule has 0 amide bonds. The van der Waals surface area contributed by atoms with E-state index in [0.29, 0.717) is 5.75 Å². The third kappa shape index (κ3) is 2.76. The first-order chi connectivity index (χ1) is 6.86. The van der Waals surface area contributed by atoms with Crippen LogP contribution in [0.5, 0.6) is 5.75 Å². The van der Waals surface area contributed by atoms with E-state index in [-0.39, 0.29) is 10.6 Å². The number of benzene rings is 1. The largest absolute Gasteiger partial charge is 0.495 e. The third-order valence-electron chi connectivity index (χ3n) is 1.89. The fourth-order valence-corrected chi connectivity index (χ4v) is 1.33. The molecule has 0 bridgehead atoms. The van der Waals surface area contributed by atoms with E-state index in [4.69, 9.17) is 22.1 Å². The number of hydrogen-bond donors (Lipinski definition) is 1. The summed E-state index contributed by atoms with van der Waals surface area (Å²) in [7, 11) is 1.38. The number of hydrogen-bond acceptors (Lipinski definition) is 2. The zero-order valence-corrected chi connectivity index (χ0v) is 8.56. The molecule has 2 N–H and O–H groups in total. The number of halogens is 4. The van der Waals surface area contributed by atoms with Gasteiger partial charge in [0.2, 0.25) is 0 Å². The van der Waals surface area contributed by atoms with Crippen molar-refractivity contribution in [2.24, 2.45) is 5.73 Å². The molecule has 1 aromatic carbocycles. The van der Waals surface area contributed by atoms with Crippen LogP contribution in [0, 0.1) is 0 Å². The molecule has 0 saturated carbocycles. The van der Waals surface area contributed by atoms with Crippen LogP contribution in [0.1, 0.15) is 11.6 Å². The summed E-state index contributed by atoms with van der Waals surface area (Å²) >= 11 is 5.68. The minimum atomic E-state index is -4.47. The van der Waals surface area contributed by atoms with E-state index in [0.717, 1.165) is 6.07 Å². The van der Waals surface area contributed by atoms with E-state index < -0.39 is 12.2 Å². The molecule has 0 radical (unpaired) electrons. The van der Waals surface area contributed by atoms with Gasteiger partial charge in [0, 0.05) is 0 Å². The van der Waals surface area contributed by atoms with Gasteiger partial charge in [0.25, 0.3) is 0 Å². The topological polar surface area (TPSA) is 35.2 Å². The molecule has 0 aliphatic carbocycles. The summed E-state index contributed by atoms with van der Waals surface area (Å²) in [6.45, 7) is 0. The van der Waals surface area contributed by atoms with E-state index in [2.05, 4.69) is 0 Å². The fraction of sp³-hybridized carbons (Fsp3) is 0.333. The van der Waals surface area contributed by atoms with Gasteiger partial charge in [-0.3, -0.25) is 0 Å². The van der Waals surface area contributed by atoms with Crippen molar-refractivity contribution < 1.29 is 17.9 Å². The van der Waals surface area contributed by atoms with Crippen LogP contribution in [-0.2, 0) is 0 Å². The van der Waals surface area contributed by atoms with Crippen molar-refractivity contribution in [3.63, 3.8) is 0 Å². The summed E-state index contributed by atoms with van der Waals surface area (Å²) in [6.07, 6.45) is -4.47. The summed E-state index contributed by atoms with van der Waals surface area (Å²) in [5.74, 6) is 0.315. The molecule has 1 atom stereocenters. The van der Waals surface area contributed by atoms with Gasteiger partial charge >= 0.3 is 6.18 Å². The molecule has 0 heterocycles. The number of alkyl halides is 3. The highest BCUT2D eigenvalue weighted by Gasteiger charge is 2.37. The second kappa shape index (κ2) is 4.28. The molecule has 0 aliphatic heterocycles. The summed E-state index contributed by atoms with van der Waals surface area (Å²) < 4.78 is 41.6. The van der Waals surface area contributed by atoms with Crippen LogP contribution in [0.25, 0.3) is 0 Å². The molecule has 1 unspecified atom stereocenters. The minimum Gasteiger partial charge on any atom is -0.495 e. The monoisotopic (exact) mass is 239 g/mol. The molecule has 0 saturated heterocycles. The zero-order chi connectivity index (χ0) is 11.6. The number of ether oxygens (including phenoxy) is 1. The average Bonchev–Trinajstić information content (AvgIpc) is 2.15. The lowest BCUT2D eigenvalue weighted by molar-refractivity contribution is -0.149. The highest BCUT2D eigenvalue weighted by atomic mass is 35.5. The molecule has 15 heavy (non-hydrogen) atoms. The van der Waals surface area contributed by atoms with Gasteiger partial charge in [0.05, 0.1) is 12.1 Å². The second-order valence-corrected chi connectivity index (χ2v) is 3.32. The normalized spacial score (nSPS) is 13.7. The Kier molecular flexibility index (Phi) is 3.46. The van der Waals surface area contributed by atoms with Gasteiger partial charge in [0.15, 0.2) is 0 Å². The van der Waals surface area contributed by atoms with Gasteiger partial charge in [-0.15, -0.1) is 0 Å². The zero-order valence-electron chi connectivity index (χ0n) is 7.81. The first-order valence-corrected chi connectivity index (χ1v) is 4.39. The minimum absolute atomic E-state index is 0.0895. The summed E-state index contributed by atoms with van der Waals surface area (Å²) in [4.78, 5) is 0.